The molecule has 3 aromatic rings. The van der Waals surface area contributed by atoms with Gasteiger partial charge in [-0.1, -0.05) is 59.3 Å². The van der Waals surface area contributed by atoms with Crippen LogP contribution in [0.5, 0.6) is 0 Å². The molecule has 1 aliphatic carbocycles. The van der Waals surface area contributed by atoms with Crippen LogP contribution in [0, 0.1) is 12.3 Å². The van der Waals surface area contributed by atoms with Crippen molar-refractivity contribution in [3.05, 3.63) is 63.3 Å². The molecule has 0 saturated carbocycles. The molecule has 1 aromatic heterocycles. The Labute approximate surface area is 209 Å². The van der Waals surface area contributed by atoms with Gasteiger partial charge in [-0.2, -0.15) is 0 Å². The first-order valence-electron chi connectivity index (χ1n) is 11.2. The molecule has 6 nitrogen and oxygen atoms in total. The molecule has 0 fully saturated rings. The Balaban J connectivity index is 1.63. The van der Waals surface area contributed by atoms with E-state index >= 15 is 0 Å². The number of carbonyl (C=O) groups is 3. The number of aryl methyl sites for hydroxylation is 1. The molecular weight excluding hydrogens is 514 g/mol. The zero-order chi connectivity index (χ0) is 24.0. The average molecular weight is 536 g/mol. The highest BCUT2D eigenvalue weighted by Gasteiger charge is 2.59. The Hall–Kier alpha value is -2.84. The third-order valence-electron chi connectivity index (χ3n) is 7.07. The molecule has 3 aliphatic rings. The molecule has 1 unspecified atom stereocenters. The fourth-order valence-electron chi connectivity index (χ4n) is 5.71. The van der Waals surface area contributed by atoms with Crippen LogP contribution in [0.2, 0.25) is 0 Å². The van der Waals surface area contributed by atoms with E-state index < -0.39 is 5.41 Å². The molecule has 34 heavy (non-hydrogen) atoms. The van der Waals surface area contributed by atoms with Crippen molar-refractivity contribution in [2.24, 2.45) is 5.41 Å². The standard InChI is InChI=1S/C26H22BrN3O3S/c1-13-8-14(27)9-19-22(13)29-24(34-19)30-17-10-25(2,3)11-18(31)21(17)26(12-20(30)32)15-6-4-5-7-16(15)28-23(26)33/h4-9H,10-12H2,1-3H3,(H,28,33). The van der Waals surface area contributed by atoms with Crippen LogP contribution >= 0.6 is 27.3 Å². The number of fused-ring (bicyclic) bond motifs is 4. The Morgan fingerprint density at radius 3 is 2.65 bits per heavy atom. The first-order chi connectivity index (χ1) is 16.1. The summed E-state index contributed by atoms with van der Waals surface area (Å²) in [4.78, 5) is 47.5. The van der Waals surface area contributed by atoms with E-state index in [4.69, 9.17) is 4.98 Å². The lowest BCUT2D eigenvalue weighted by molar-refractivity contribution is -0.129. The lowest BCUT2D eigenvalue weighted by Gasteiger charge is -2.45. The van der Waals surface area contributed by atoms with Crippen LogP contribution in [0.1, 0.15) is 44.2 Å². The van der Waals surface area contributed by atoms with Crippen molar-refractivity contribution in [2.45, 2.75) is 45.4 Å². The molecule has 1 spiro atoms. The highest BCUT2D eigenvalue weighted by Crippen LogP contribution is 2.55. The van der Waals surface area contributed by atoms with E-state index in [2.05, 4.69) is 21.2 Å². The number of rotatable bonds is 1. The number of para-hydroxylation sites is 1. The summed E-state index contributed by atoms with van der Waals surface area (Å²) in [6.45, 7) is 6.04. The number of Topliss-reactive ketones (excluding diaryl/α,β-unsaturated/α-hetero) is 1. The summed E-state index contributed by atoms with van der Waals surface area (Å²) in [5.41, 5.74) is 2.65. The topological polar surface area (TPSA) is 79.4 Å². The SMILES string of the molecule is Cc1cc(Br)cc2sc(N3C(=O)CC4(C(=O)Nc5ccccc54)C4=C3CC(C)(C)CC4=O)nc12. The van der Waals surface area contributed by atoms with Crippen molar-refractivity contribution < 1.29 is 14.4 Å². The second kappa shape index (κ2) is 7.09. The van der Waals surface area contributed by atoms with Gasteiger partial charge in [-0.15, -0.1) is 0 Å². The van der Waals surface area contributed by atoms with Gasteiger partial charge in [0.1, 0.15) is 5.41 Å². The zero-order valence-electron chi connectivity index (χ0n) is 19.0. The smallest absolute Gasteiger partial charge is 0.240 e. The second-order valence-electron chi connectivity index (χ2n) is 10.1. The largest absolute Gasteiger partial charge is 0.325 e. The number of aromatic nitrogens is 1. The van der Waals surface area contributed by atoms with Gasteiger partial charge >= 0.3 is 0 Å². The minimum absolute atomic E-state index is 0.0735. The average Bonchev–Trinajstić information content (AvgIpc) is 3.26. The lowest BCUT2D eigenvalue weighted by atomic mass is 9.62. The normalized spacial score (nSPS) is 23.5. The van der Waals surface area contributed by atoms with Crippen molar-refractivity contribution in [3.8, 4) is 0 Å². The van der Waals surface area contributed by atoms with Crippen LogP contribution in [-0.2, 0) is 19.8 Å². The number of hydrogen-bond acceptors (Lipinski definition) is 5. The fraction of sp³-hybridized carbons (Fsp3) is 0.308. The number of amides is 2. The van der Waals surface area contributed by atoms with Crippen LogP contribution in [-0.4, -0.2) is 22.6 Å². The monoisotopic (exact) mass is 535 g/mol. The number of nitrogens with zero attached hydrogens (tertiary/aromatic N) is 2. The molecule has 0 bridgehead atoms. The molecule has 0 radical (unpaired) electrons. The van der Waals surface area contributed by atoms with Crippen molar-refractivity contribution in [2.75, 3.05) is 10.2 Å². The van der Waals surface area contributed by atoms with Gasteiger partial charge in [0.05, 0.1) is 16.6 Å². The number of ketones is 1. The maximum atomic E-state index is 13.9. The molecule has 1 atom stereocenters. The van der Waals surface area contributed by atoms with Crippen LogP contribution in [0.25, 0.3) is 10.2 Å². The van der Waals surface area contributed by atoms with Crippen molar-refractivity contribution in [1.82, 2.24) is 4.98 Å². The van der Waals surface area contributed by atoms with Gasteiger partial charge in [0, 0.05) is 27.9 Å². The molecule has 8 heteroatoms. The van der Waals surface area contributed by atoms with Crippen molar-refractivity contribution in [1.29, 1.82) is 0 Å². The van der Waals surface area contributed by atoms with Gasteiger partial charge in [-0.05, 0) is 48.1 Å². The minimum Gasteiger partial charge on any atom is -0.325 e. The van der Waals surface area contributed by atoms with Crippen molar-refractivity contribution in [3.63, 3.8) is 0 Å². The highest BCUT2D eigenvalue weighted by molar-refractivity contribution is 9.10. The Bertz CT molecular complexity index is 1490. The molecule has 2 amide bonds. The summed E-state index contributed by atoms with van der Waals surface area (Å²) in [6, 6.07) is 11.4. The molecule has 2 aliphatic heterocycles. The molecule has 0 saturated heterocycles. The van der Waals surface area contributed by atoms with E-state index in [1.54, 1.807) is 4.90 Å². The highest BCUT2D eigenvalue weighted by atomic mass is 79.9. The number of allylic oxidation sites excluding steroid dienone is 1. The van der Waals surface area contributed by atoms with Gasteiger partial charge in [-0.3, -0.25) is 19.3 Å². The van der Waals surface area contributed by atoms with Gasteiger partial charge in [0.2, 0.25) is 11.8 Å². The van der Waals surface area contributed by atoms with Gasteiger partial charge < -0.3 is 5.32 Å². The summed E-state index contributed by atoms with van der Waals surface area (Å²) in [5.74, 6) is -0.589. The maximum absolute atomic E-state index is 13.9. The van der Waals surface area contributed by atoms with Crippen LogP contribution < -0.4 is 10.2 Å². The number of carbonyl (C=O) groups excluding carboxylic acids is 3. The zero-order valence-corrected chi connectivity index (χ0v) is 21.4. The molecule has 172 valence electrons. The first-order valence-corrected chi connectivity index (χ1v) is 12.8. The number of hydrogen-bond donors (Lipinski definition) is 1. The summed E-state index contributed by atoms with van der Waals surface area (Å²) < 4.78 is 1.91. The number of benzene rings is 2. The summed E-state index contributed by atoms with van der Waals surface area (Å²) in [5, 5.41) is 3.47. The van der Waals surface area contributed by atoms with Crippen LogP contribution in [0.15, 0.2) is 52.1 Å². The third kappa shape index (κ3) is 2.91. The van der Waals surface area contributed by atoms with Crippen LogP contribution in [0.4, 0.5) is 10.8 Å². The number of nitrogens with one attached hydrogen (secondary N) is 1. The predicted octanol–water partition coefficient (Wildman–Crippen LogP) is 5.64. The molecule has 6 rings (SSSR count). The summed E-state index contributed by atoms with van der Waals surface area (Å²) in [6.07, 6.45) is 0.742. The lowest BCUT2D eigenvalue weighted by Crippen LogP contribution is -2.53. The van der Waals surface area contributed by atoms with E-state index in [9.17, 15) is 14.4 Å². The molecule has 1 N–H and O–H groups in total. The van der Waals surface area contributed by atoms with Crippen LogP contribution in [0.3, 0.4) is 0 Å². The first kappa shape index (κ1) is 21.7. The number of thiazole rings is 1. The minimum atomic E-state index is -1.29. The Morgan fingerprint density at radius 2 is 1.85 bits per heavy atom. The quantitative estimate of drug-likeness (QED) is 0.437. The second-order valence-corrected chi connectivity index (χ2v) is 12.1. The predicted molar refractivity (Wildman–Crippen MR) is 136 cm³/mol. The van der Waals surface area contributed by atoms with E-state index in [1.165, 1.54) is 11.3 Å². The van der Waals surface area contributed by atoms with Gasteiger partial charge in [-0.25, -0.2) is 4.98 Å². The van der Waals surface area contributed by atoms with E-state index in [0.29, 0.717) is 40.5 Å². The Kier molecular flexibility index (Phi) is 4.52. The summed E-state index contributed by atoms with van der Waals surface area (Å²) in [7, 11) is 0. The molecular formula is C26H22BrN3O3S. The van der Waals surface area contributed by atoms with Gasteiger partial charge in [0.15, 0.2) is 10.9 Å². The van der Waals surface area contributed by atoms with Gasteiger partial charge in [0.25, 0.3) is 0 Å². The number of anilines is 2. The Morgan fingerprint density at radius 1 is 1.09 bits per heavy atom. The van der Waals surface area contributed by atoms with E-state index in [1.807, 2.05) is 57.2 Å². The fourth-order valence-corrected chi connectivity index (χ4v) is 7.56. The van der Waals surface area contributed by atoms with E-state index in [-0.39, 0.29) is 29.4 Å². The maximum Gasteiger partial charge on any atom is 0.240 e. The van der Waals surface area contributed by atoms with Crippen molar-refractivity contribution >= 4 is 65.9 Å². The molecule has 2 aromatic carbocycles. The number of halogens is 1. The molecule has 3 heterocycles. The third-order valence-corrected chi connectivity index (χ3v) is 8.51. The summed E-state index contributed by atoms with van der Waals surface area (Å²) >= 11 is 4.97. The van der Waals surface area contributed by atoms with E-state index in [0.717, 1.165) is 20.3 Å².